The lowest BCUT2D eigenvalue weighted by Crippen LogP contribution is -2.46. The van der Waals surface area contributed by atoms with E-state index < -0.39 is 0 Å². The largest absolute Gasteiger partial charge is 0.467 e. The number of hydrogen-bond acceptors (Lipinski definition) is 6. The molecule has 4 rings (SSSR count). The first-order valence-corrected chi connectivity index (χ1v) is 10.9. The summed E-state index contributed by atoms with van der Waals surface area (Å²) in [5, 5.41) is 0.267. The molecule has 8 nitrogen and oxygen atoms in total. The molecule has 0 radical (unpaired) electrons. The molecule has 1 aliphatic heterocycles. The minimum absolute atomic E-state index is 0.0627. The Labute approximate surface area is 181 Å². The van der Waals surface area contributed by atoms with Crippen LogP contribution in [0.1, 0.15) is 48.6 Å². The highest BCUT2D eigenvalue weighted by molar-refractivity contribution is 6.06. The molecule has 1 aliphatic rings. The molecule has 0 N–H and O–H groups in total. The fourth-order valence-electron chi connectivity index (χ4n) is 4.31. The Balaban J connectivity index is 1.77. The number of furan rings is 2. The number of aryl methyl sites for hydroxylation is 1. The molecule has 1 amide bonds. The second kappa shape index (κ2) is 8.70. The van der Waals surface area contributed by atoms with E-state index in [2.05, 4.69) is 16.9 Å². The van der Waals surface area contributed by atoms with Crippen LogP contribution >= 0.6 is 0 Å². The summed E-state index contributed by atoms with van der Waals surface area (Å²) in [5.74, 6) is 1.21. The maximum Gasteiger partial charge on any atom is 0.265 e. The van der Waals surface area contributed by atoms with Crippen molar-refractivity contribution in [3.63, 3.8) is 0 Å². The summed E-state index contributed by atoms with van der Waals surface area (Å²) >= 11 is 0. The lowest BCUT2D eigenvalue weighted by molar-refractivity contribution is 0.0550. The van der Waals surface area contributed by atoms with Crippen molar-refractivity contribution in [2.45, 2.75) is 52.7 Å². The lowest BCUT2D eigenvalue weighted by Gasteiger charge is -2.37. The highest BCUT2D eigenvalue weighted by Gasteiger charge is 2.33. The molecule has 31 heavy (non-hydrogen) atoms. The van der Waals surface area contributed by atoms with Gasteiger partial charge in [0.2, 0.25) is 5.71 Å². The van der Waals surface area contributed by atoms with Crippen LogP contribution in [0.4, 0.5) is 0 Å². The summed E-state index contributed by atoms with van der Waals surface area (Å²) in [6.45, 7) is 8.52. The first-order chi connectivity index (χ1) is 14.8. The highest BCUT2D eigenvalue weighted by Crippen LogP contribution is 2.27. The number of carbonyl (C=O) groups is 1. The van der Waals surface area contributed by atoms with Crippen LogP contribution in [0.15, 0.2) is 38.4 Å². The van der Waals surface area contributed by atoms with Gasteiger partial charge in [0, 0.05) is 12.6 Å². The van der Waals surface area contributed by atoms with Crippen molar-refractivity contribution in [2.24, 2.45) is 5.92 Å². The SMILES string of the molecule is Cc1oc2ncn(CC(C)C)c(=O)c2c1C(=O)N(Cc1ccco1)C1CCN(C)CC1. The van der Waals surface area contributed by atoms with Crippen LogP contribution in [0, 0.1) is 12.8 Å². The summed E-state index contributed by atoms with van der Waals surface area (Å²) in [5.41, 5.74) is 0.295. The predicted molar refractivity (Wildman–Crippen MR) is 117 cm³/mol. The van der Waals surface area contributed by atoms with Crippen LogP contribution < -0.4 is 5.56 Å². The zero-order chi connectivity index (χ0) is 22.1. The van der Waals surface area contributed by atoms with E-state index in [-0.39, 0.29) is 34.5 Å². The standard InChI is InChI=1S/C23H30N4O4/c1-15(2)12-26-14-24-21-20(22(26)28)19(16(3)31-21)23(29)27(13-18-6-5-11-30-18)17-7-9-25(4)10-8-17/h5-6,11,14-15,17H,7-10,12-13H2,1-4H3. The molecule has 0 aromatic carbocycles. The molecule has 0 spiro atoms. The van der Waals surface area contributed by atoms with E-state index in [9.17, 15) is 9.59 Å². The van der Waals surface area contributed by atoms with Crippen LogP contribution in [-0.4, -0.2) is 51.4 Å². The molecule has 0 aliphatic carbocycles. The maximum absolute atomic E-state index is 13.9. The Morgan fingerprint density at radius 3 is 2.71 bits per heavy atom. The van der Waals surface area contributed by atoms with E-state index in [1.807, 2.05) is 30.9 Å². The number of nitrogens with zero attached hydrogens (tertiary/aromatic N) is 4. The molecule has 3 aromatic rings. The average molecular weight is 427 g/mol. The van der Waals surface area contributed by atoms with E-state index in [4.69, 9.17) is 8.83 Å². The van der Waals surface area contributed by atoms with E-state index in [0.29, 0.717) is 30.2 Å². The van der Waals surface area contributed by atoms with Gasteiger partial charge in [0.05, 0.1) is 18.4 Å². The van der Waals surface area contributed by atoms with Gasteiger partial charge in [-0.1, -0.05) is 13.8 Å². The molecule has 0 bridgehead atoms. The summed E-state index contributed by atoms with van der Waals surface area (Å²) in [6, 6.07) is 3.75. The molecule has 8 heteroatoms. The second-order valence-electron chi connectivity index (χ2n) is 8.86. The number of amides is 1. The first kappa shape index (κ1) is 21.4. The molecule has 0 saturated carbocycles. The second-order valence-corrected chi connectivity index (χ2v) is 8.86. The van der Waals surface area contributed by atoms with Gasteiger partial charge in [0.1, 0.15) is 23.2 Å². The van der Waals surface area contributed by atoms with Gasteiger partial charge < -0.3 is 18.6 Å². The van der Waals surface area contributed by atoms with Crippen LogP contribution in [-0.2, 0) is 13.1 Å². The van der Waals surface area contributed by atoms with E-state index in [0.717, 1.165) is 25.9 Å². The zero-order valence-electron chi connectivity index (χ0n) is 18.6. The van der Waals surface area contributed by atoms with Gasteiger partial charge in [-0.05, 0) is 58.0 Å². The van der Waals surface area contributed by atoms with Crippen molar-refractivity contribution in [1.82, 2.24) is 19.4 Å². The van der Waals surface area contributed by atoms with Crippen molar-refractivity contribution >= 4 is 17.0 Å². The Hall–Kier alpha value is -2.87. The number of hydrogen-bond donors (Lipinski definition) is 0. The van der Waals surface area contributed by atoms with Crippen molar-refractivity contribution in [2.75, 3.05) is 20.1 Å². The lowest BCUT2D eigenvalue weighted by atomic mass is 10.0. The van der Waals surface area contributed by atoms with Gasteiger partial charge in [-0.15, -0.1) is 0 Å². The fraction of sp³-hybridized carbons (Fsp3) is 0.522. The van der Waals surface area contributed by atoms with Crippen LogP contribution in [0.25, 0.3) is 11.1 Å². The Morgan fingerprint density at radius 2 is 2.06 bits per heavy atom. The minimum Gasteiger partial charge on any atom is -0.467 e. The van der Waals surface area contributed by atoms with Crippen LogP contribution in [0.2, 0.25) is 0 Å². The third kappa shape index (κ3) is 4.30. The molecule has 166 valence electrons. The minimum atomic E-state index is -0.236. The Bertz CT molecular complexity index is 1100. The van der Waals surface area contributed by atoms with Gasteiger partial charge in [-0.25, -0.2) is 4.98 Å². The average Bonchev–Trinajstić information content (AvgIpc) is 3.36. The molecular weight excluding hydrogens is 396 g/mol. The van der Waals surface area contributed by atoms with Gasteiger partial charge in [-0.2, -0.15) is 0 Å². The summed E-state index contributed by atoms with van der Waals surface area (Å²) in [6.07, 6.45) is 4.85. The topological polar surface area (TPSA) is 84.7 Å². The number of carbonyl (C=O) groups excluding carboxylic acids is 1. The Kier molecular flexibility index (Phi) is 6.00. The van der Waals surface area contributed by atoms with Crippen molar-refractivity contribution in [1.29, 1.82) is 0 Å². The number of rotatable bonds is 6. The molecule has 3 aromatic heterocycles. The summed E-state index contributed by atoms with van der Waals surface area (Å²) < 4.78 is 12.8. The smallest absolute Gasteiger partial charge is 0.265 e. The van der Waals surface area contributed by atoms with Crippen molar-refractivity contribution < 1.29 is 13.6 Å². The molecule has 1 saturated heterocycles. The monoisotopic (exact) mass is 426 g/mol. The van der Waals surface area contributed by atoms with Gasteiger partial charge >= 0.3 is 0 Å². The third-order valence-corrected chi connectivity index (χ3v) is 5.93. The molecular formula is C23H30N4O4. The first-order valence-electron chi connectivity index (χ1n) is 10.9. The molecule has 0 unspecified atom stereocenters. The van der Waals surface area contributed by atoms with Gasteiger partial charge in [0.25, 0.3) is 11.5 Å². The summed E-state index contributed by atoms with van der Waals surface area (Å²) in [4.78, 5) is 35.5. The quantitative estimate of drug-likeness (QED) is 0.601. The zero-order valence-corrected chi connectivity index (χ0v) is 18.6. The van der Waals surface area contributed by atoms with E-state index in [1.165, 1.54) is 6.33 Å². The maximum atomic E-state index is 13.9. The highest BCUT2D eigenvalue weighted by atomic mass is 16.3. The van der Waals surface area contributed by atoms with Crippen molar-refractivity contribution in [3.05, 3.63) is 52.2 Å². The van der Waals surface area contributed by atoms with E-state index >= 15 is 0 Å². The van der Waals surface area contributed by atoms with Gasteiger partial charge in [0.15, 0.2) is 0 Å². The van der Waals surface area contributed by atoms with Crippen LogP contribution in [0.5, 0.6) is 0 Å². The number of likely N-dealkylation sites (tertiary alicyclic amines) is 1. The number of fused-ring (bicyclic) bond motifs is 1. The third-order valence-electron chi connectivity index (χ3n) is 5.93. The van der Waals surface area contributed by atoms with Crippen LogP contribution in [0.3, 0.4) is 0 Å². The van der Waals surface area contributed by atoms with Gasteiger partial charge in [-0.3, -0.25) is 14.2 Å². The van der Waals surface area contributed by atoms with E-state index in [1.54, 1.807) is 17.8 Å². The molecule has 0 atom stereocenters. The molecule has 1 fully saturated rings. The Morgan fingerprint density at radius 1 is 1.32 bits per heavy atom. The number of piperidine rings is 1. The summed E-state index contributed by atoms with van der Waals surface area (Å²) in [7, 11) is 2.09. The predicted octanol–water partition coefficient (Wildman–Crippen LogP) is 3.28. The molecule has 4 heterocycles. The van der Waals surface area contributed by atoms with Crippen molar-refractivity contribution in [3.8, 4) is 0 Å². The normalized spacial score (nSPS) is 15.8. The fourth-order valence-corrected chi connectivity index (χ4v) is 4.31. The number of aromatic nitrogens is 2.